The maximum absolute atomic E-state index is 14.4. The number of benzene rings is 4. The molecular weight excluding hydrogens is 690 g/mol. The molecule has 54 heavy (non-hydrogen) atoms. The van der Waals surface area contributed by atoms with Gasteiger partial charge in [0, 0.05) is 57.2 Å². The maximum atomic E-state index is 14.4. The summed E-state index contributed by atoms with van der Waals surface area (Å²) in [6.45, 7) is 13.9. The number of ketones is 2. The third-order valence-electron chi connectivity index (χ3n) is 10.1. The minimum absolute atomic E-state index is 0.0917. The van der Waals surface area contributed by atoms with E-state index in [2.05, 4.69) is 10.6 Å². The number of carbonyl (C=O) groups excluding carboxylic acids is 2. The molecule has 4 aromatic carbocycles. The molecule has 0 unspecified atom stereocenters. The molecule has 0 bridgehead atoms. The average molecular weight is 733 g/mol. The molecule has 0 fully saturated rings. The number of aryl methyl sites for hydroxylation is 4. The van der Waals surface area contributed by atoms with Crippen LogP contribution >= 0.6 is 0 Å². The number of carbonyl (C=O) groups is 2. The number of phenols is 2. The van der Waals surface area contributed by atoms with Gasteiger partial charge >= 0.3 is 0 Å². The summed E-state index contributed by atoms with van der Waals surface area (Å²) in [5.41, 5.74) is 4.27. The highest BCUT2D eigenvalue weighted by Gasteiger charge is 2.38. The van der Waals surface area contributed by atoms with Gasteiger partial charge in [-0.15, -0.1) is 0 Å². The number of allylic oxidation sites excluding steroid dienone is 4. The molecule has 0 atom stereocenters. The van der Waals surface area contributed by atoms with Crippen molar-refractivity contribution in [2.45, 2.75) is 55.4 Å². The molecule has 2 aliphatic rings. The molecule has 10 heteroatoms. The van der Waals surface area contributed by atoms with Gasteiger partial charge in [0.2, 0.25) is 11.6 Å². The molecule has 0 amide bonds. The average Bonchev–Trinajstić information content (AvgIpc) is 3.09. The Hall–Kier alpha value is -6.16. The fraction of sp³-hybridized carbons (Fsp3) is 0.227. The van der Waals surface area contributed by atoms with Gasteiger partial charge in [-0.3, -0.25) is 9.59 Å². The molecule has 8 nitrogen and oxygen atoms in total. The van der Waals surface area contributed by atoms with E-state index in [0.717, 1.165) is 0 Å². The normalized spacial score (nSPS) is 15.9. The second kappa shape index (κ2) is 14.0. The van der Waals surface area contributed by atoms with Crippen LogP contribution in [0.25, 0.3) is 33.4 Å². The van der Waals surface area contributed by atoms with E-state index in [1.165, 1.54) is 24.5 Å². The number of rotatable bonds is 7. The van der Waals surface area contributed by atoms with Crippen LogP contribution in [0.3, 0.4) is 0 Å². The number of hydrogen-bond donors (Lipinski definition) is 6. The van der Waals surface area contributed by atoms with Gasteiger partial charge in [-0.05, 0) is 97.2 Å². The number of aromatic hydroxyl groups is 2. The maximum Gasteiger partial charge on any atom is 0.229 e. The van der Waals surface area contributed by atoms with Crippen molar-refractivity contribution < 1.29 is 38.8 Å². The number of phenolic OH excluding ortho intramolecular Hbond substituents is 2. The lowest BCUT2D eigenvalue weighted by Crippen LogP contribution is -2.20. The number of aliphatic hydroxyl groups is 2. The molecule has 0 aromatic heterocycles. The molecule has 4 aromatic rings. The molecule has 0 spiro atoms. The van der Waals surface area contributed by atoms with Gasteiger partial charge in [0.05, 0.1) is 11.1 Å². The van der Waals surface area contributed by atoms with Crippen LogP contribution in [0.1, 0.15) is 72.2 Å². The zero-order valence-corrected chi connectivity index (χ0v) is 31.3. The Kier molecular flexibility index (Phi) is 9.75. The molecule has 0 saturated heterocycles. The molecule has 0 saturated carbocycles. The smallest absolute Gasteiger partial charge is 0.229 e. The van der Waals surface area contributed by atoms with Crippen LogP contribution in [0.2, 0.25) is 0 Å². The summed E-state index contributed by atoms with van der Waals surface area (Å²) in [6.07, 6.45) is 2.61. The van der Waals surface area contributed by atoms with E-state index < -0.39 is 34.7 Å². The van der Waals surface area contributed by atoms with E-state index in [1.807, 2.05) is 27.7 Å². The van der Waals surface area contributed by atoms with Gasteiger partial charge < -0.3 is 31.1 Å². The van der Waals surface area contributed by atoms with Gasteiger partial charge in [-0.2, -0.15) is 0 Å². The second-order valence-corrected chi connectivity index (χ2v) is 14.5. The predicted molar refractivity (Wildman–Crippen MR) is 209 cm³/mol. The number of anilines is 2. The Morgan fingerprint density at radius 1 is 0.537 bits per heavy atom. The van der Waals surface area contributed by atoms with Crippen LogP contribution in [0.4, 0.5) is 20.2 Å². The molecular formula is C44H42F2N2O6. The van der Waals surface area contributed by atoms with E-state index in [-0.39, 0.29) is 56.7 Å². The largest absolute Gasteiger partial charge is 0.507 e. The Morgan fingerprint density at radius 3 is 1.20 bits per heavy atom. The van der Waals surface area contributed by atoms with Crippen LogP contribution in [-0.4, -0.2) is 32.0 Å². The number of hydrogen-bond acceptors (Lipinski definition) is 8. The number of Topliss-reactive ketones (excluding diaryl/α,β-unsaturated/α-hetero) is 2. The zero-order chi connectivity index (χ0) is 39.5. The molecule has 6 rings (SSSR count). The first-order valence-corrected chi connectivity index (χ1v) is 17.6. The summed E-state index contributed by atoms with van der Waals surface area (Å²) in [6, 6.07) is 12.4. The van der Waals surface area contributed by atoms with Gasteiger partial charge in [-0.1, -0.05) is 52.0 Å². The molecule has 6 N–H and O–H groups in total. The van der Waals surface area contributed by atoms with Gasteiger partial charge in [0.1, 0.15) is 23.1 Å². The summed E-state index contributed by atoms with van der Waals surface area (Å²) < 4.78 is 28.8. The van der Waals surface area contributed by atoms with Crippen LogP contribution < -0.4 is 10.6 Å². The van der Waals surface area contributed by atoms with Crippen molar-refractivity contribution in [3.8, 4) is 22.6 Å². The van der Waals surface area contributed by atoms with Crippen LogP contribution in [-0.2, 0) is 9.59 Å². The van der Waals surface area contributed by atoms with Gasteiger partial charge in [-0.25, -0.2) is 8.78 Å². The number of halogens is 2. The number of aliphatic hydroxyl groups excluding tert-OH is 2. The van der Waals surface area contributed by atoms with Crippen molar-refractivity contribution in [2.24, 2.45) is 11.8 Å². The Bertz CT molecular complexity index is 2270. The minimum atomic E-state index is -0.764. The van der Waals surface area contributed by atoms with Crippen LogP contribution in [0.15, 0.2) is 72.4 Å². The summed E-state index contributed by atoms with van der Waals surface area (Å²) in [7, 11) is 0. The summed E-state index contributed by atoms with van der Waals surface area (Å²) in [4.78, 5) is 27.7. The van der Waals surface area contributed by atoms with E-state index in [1.54, 1.807) is 64.1 Å². The van der Waals surface area contributed by atoms with Crippen molar-refractivity contribution in [2.75, 3.05) is 10.6 Å². The molecule has 2 aliphatic carbocycles. The lowest BCUT2D eigenvalue weighted by atomic mass is 9.75. The van der Waals surface area contributed by atoms with E-state index in [0.29, 0.717) is 55.9 Å². The van der Waals surface area contributed by atoms with Crippen molar-refractivity contribution >= 4 is 45.2 Å². The highest BCUT2D eigenvalue weighted by molar-refractivity contribution is 6.35. The van der Waals surface area contributed by atoms with Crippen molar-refractivity contribution in [3.05, 3.63) is 129 Å². The second-order valence-electron chi connectivity index (χ2n) is 14.5. The summed E-state index contributed by atoms with van der Waals surface area (Å²) in [5, 5.41) is 52.8. The zero-order valence-electron chi connectivity index (χ0n) is 31.3. The summed E-state index contributed by atoms with van der Waals surface area (Å²) >= 11 is 0. The van der Waals surface area contributed by atoms with Crippen molar-refractivity contribution in [1.82, 2.24) is 0 Å². The van der Waals surface area contributed by atoms with Gasteiger partial charge in [0.15, 0.2) is 11.5 Å². The topological polar surface area (TPSA) is 139 Å². The Labute approximate surface area is 312 Å². The van der Waals surface area contributed by atoms with E-state index in [9.17, 15) is 38.8 Å². The molecule has 0 heterocycles. The minimum Gasteiger partial charge on any atom is -0.507 e. The first kappa shape index (κ1) is 37.6. The monoisotopic (exact) mass is 732 g/mol. The van der Waals surface area contributed by atoms with Crippen LogP contribution in [0, 0.1) is 51.2 Å². The van der Waals surface area contributed by atoms with Crippen LogP contribution in [0.5, 0.6) is 11.5 Å². The summed E-state index contributed by atoms with van der Waals surface area (Å²) in [5.74, 6) is -4.83. The third-order valence-corrected chi connectivity index (χ3v) is 10.1. The SMILES string of the molecule is Cc1ccc(N/C=C2\C(=O)C(O)=C(C(C)C)c3cc(C)c(-c4c(C)cc5c(c4O)/C(=C\Nc4ccc(C)c(F)c4)C(=O)C(O)=C5C(C)C)c(O)c32)cc1F. The number of fused-ring (bicyclic) bond motifs is 2. The highest BCUT2D eigenvalue weighted by atomic mass is 19.1. The first-order chi connectivity index (χ1) is 25.4. The Morgan fingerprint density at radius 2 is 0.889 bits per heavy atom. The fourth-order valence-corrected chi connectivity index (χ4v) is 7.30. The molecule has 278 valence electrons. The Balaban J connectivity index is 1.62. The third kappa shape index (κ3) is 6.21. The quantitative estimate of drug-likeness (QED) is 0.103. The highest BCUT2D eigenvalue weighted by Crippen LogP contribution is 2.53. The van der Waals surface area contributed by atoms with Gasteiger partial charge in [0.25, 0.3) is 0 Å². The van der Waals surface area contributed by atoms with E-state index >= 15 is 0 Å². The van der Waals surface area contributed by atoms with Crippen molar-refractivity contribution in [3.63, 3.8) is 0 Å². The standard InChI is InChI=1S/C44H42F2N2O6/c1-19(2)33-27-13-23(7)35(41(51)37(27)29(39(49)43(33)53)17-47-25-11-9-21(5)31(45)15-25)36-24(8)14-28-34(20(3)4)44(54)40(50)30(38(28)42(36)52)18-48-26-12-10-22(6)32(46)16-26/h9-20,47-48,51-54H,1-8H3/b29-17-,30-18+. The first-order valence-electron chi connectivity index (χ1n) is 17.6. The number of nitrogens with one attached hydrogen (secondary N) is 2. The van der Waals surface area contributed by atoms with E-state index in [4.69, 9.17) is 0 Å². The predicted octanol–water partition coefficient (Wildman–Crippen LogP) is 10.2. The van der Waals surface area contributed by atoms with Crippen molar-refractivity contribution in [1.29, 1.82) is 0 Å². The lowest BCUT2D eigenvalue weighted by molar-refractivity contribution is -0.113. The lowest BCUT2D eigenvalue weighted by Gasteiger charge is -2.29. The molecule has 0 aliphatic heterocycles. The fourth-order valence-electron chi connectivity index (χ4n) is 7.30. The molecule has 0 radical (unpaired) electrons.